The molecule has 0 aliphatic heterocycles. The van der Waals surface area contributed by atoms with Gasteiger partial charge in [-0.05, 0) is 48.9 Å². The molecule has 1 aromatic heterocycles. The minimum Gasteiger partial charge on any atom is -0.497 e. The van der Waals surface area contributed by atoms with E-state index >= 15 is 0 Å². The third-order valence-electron chi connectivity index (χ3n) is 4.58. The van der Waals surface area contributed by atoms with Crippen LogP contribution in [0.4, 0.5) is 13.2 Å². The summed E-state index contributed by atoms with van der Waals surface area (Å²) in [5, 5.41) is 16.6. The standard InChI is InChI=1S/C21H19F3N2O4/c1-12(25-11-13-3-7-15(8-4-13)21(22,23)24)19-17(20(27)28)18(26-30-19)14-5-9-16(29-2)10-6-14/h3-10,12,25H,11H2,1-2H3,(H,27,28)/t12-/m1/s1. The number of ether oxygens (including phenoxy) is 1. The number of carbonyl (C=O) groups is 1. The highest BCUT2D eigenvalue weighted by Crippen LogP contribution is 2.31. The number of methoxy groups -OCH3 is 1. The van der Waals surface area contributed by atoms with Crippen LogP contribution < -0.4 is 10.1 Å². The molecule has 0 spiro atoms. The number of hydrogen-bond donors (Lipinski definition) is 2. The number of rotatable bonds is 7. The van der Waals surface area contributed by atoms with Gasteiger partial charge < -0.3 is 19.7 Å². The monoisotopic (exact) mass is 420 g/mol. The summed E-state index contributed by atoms with van der Waals surface area (Å²) in [5.41, 5.74) is 0.544. The fraction of sp³-hybridized carbons (Fsp3) is 0.238. The number of nitrogens with one attached hydrogen (secondary N) is 1. The Balaban J connectivity index is 1.78. The van der Waals surface area contributed by atoms with Gasteiger partial charge in [-0.3, -0.25) is 0 Å². The molecule has 3 rings (SSSR count). The minimum absolute atomic E-state index is 0.0763. The number of hydrogen-bond acceptors (Lipinski definition) is 5. The molecular weight excluding hydrogens is 401 g/mol. The van der Waals surface area contributed by atoms with Crippen molar-refractivity contribution in [2.75, 3.05) is 7.11 Å². The molecule has 3 aromatic rings. The van der Waals surface area contributed by atoms with Crippen molar-refractivity contribution in [2.24, 2.45) is 0 Å². The van der Waals surface area contributed by atoms with Crippen molar-refractivity contribution >= 4 is 5.97 Å². The average molecular weight is 420 g/mol. The van der Waals surface area contributed by atoms with Crippen molar-refractivity contribution in [3.05, 3.63) is 71.0 Å². The fourth-order valence-electron chi connectivity index (χ4n) is 2.93. The Morgan fingerprint density at radius 2 is 1.80 bits per heavy atom. The Morgan fingerprint density at radius 1 is 1.17 bits per heavy atom. The van der Waals surface area contributed by atoms with E-state index in [9.17, 15) is 23.1 Å². The third kappa shape index (κ3) is 4.62. The van der Waals surface area contributed by atoms with Crippen LogP contribution >= 0.6 is 0 Å². The van der Waals surface area contributed by atoms with Gasteiger partial charge in [0, 0.05) is 12.1 Å². The van der Waals surface area contributed by atoms with Crippen molar-refractivity contribution in [3.63, 3.8) is 0 Å². The lowest BCUT2D eigenvalue weighted by Gasteiger charge is -2.13. The second-order valence-corrected chi connectivity index (χ2v) is 6.60. The van der Waals surface area contributed by atoms with Crippen LogP contribution in [0.2, 0.25) is 0 Å². The molecule has 0 bridgehead atoms. The maximum Gasteiger partial charge on any atom is 0.416 e. The first kappa shape index (κ1) is 21.4. The maximum atomic E-state index is 12.7. The largest absolute Gasteiger partial charge is 0.497 e. The van der Waals surface area contributed by atoms with Crippen LogP contribution in [-0.4, -0.2) is 23.3 Å². The summed E-state index contributed by atoms with van der Waals surface area (Å²) in [6.07, 6.45) is -4.40. The van der Waals surface area contributed by atoms with E-state index < -0.39 is 23.8 Å². The van der Waals surface area contributed by atoms with Crippen LogP contribution in [-0.2, 0) is 12.7 Å². The van der Waals surface area contributed by atoms with Crippen molar-refractivity contribution < 1.29 is 32.3 Å². The van der Waals surface area contributed by atoms with Gasteiger partial charge in [-0.2, -0.15) is 13.2 Å². The molecule has 1 heterocycles. The fourth-order valence-corrected chi connectivity index (χ4v) is 2.93. The molecule has 30 heavy (non-hydrogen) atoms. The summed E-state index contributed by atoms with van der Waals surface area (Å²) in [6.45, 7) is 1.91. The van der Waals surface area contributed by atoms with Gasteiger partial charge in [0.05, 0.1) is 18.7 Å². The summed E-state index contributed by atoms with van der Waals surface area (Å²) in [5.74, 6) is -0.452. The number of aromatic carboxylic acids is 1. The molecule has 0 aliphatic rings. The van der Waals surface area contributed by atoms with Gasteiger partial charge in [-0.1, -0.05) is 17.3 Å². The molecule has 1 atom stereocenters. The quantitative estimate of drug-likeness (QED) is 0.565. The van der Waals surface area contributed by atoms with Crippen LogP contribution in [0.25, 0.3) is 11.3 Å². The van der Waals surface area contributed by atoms with E-state index in [0.717, 1.165) is 12.1 Å². The van der Waals surface area contributed by atoms with Crippen molar-refractivity contribution in [2.45, 2.75) is 25.7 Å². The van der Waals surface area contributed by atoms with E-state index in [1.807, 2.05) is 0 Å². The van der Waals surface area contributed by atoms with Crippen LogP contribution in [0.15, 0.2) is 53.1 Å². The molecule has 0 radical (unpaired) electrons. The Labute approximate surface area is 170 Å². The lowest BCUT2D eigenvalue weighted by molar-refractivity contribution is -0.137. The van der Waals surface area contributed by atoms with E-state index in [1.54, 1.807) is 31.2 Å². The second-order valence-electron chi connectivity index (χ2n) is 6.60. The summed E-state index contributed by atoms with van der Waals surface area (Å²) >= 11 is 0. The van der Waals surface area contributed by atoms with E-state index in [4.69, 9.17) is 9.26 Å². The highest BCUT2D eigenvalue weighted by molar-refractivity contribution is 5.96. The van der Waals surface area contributed by atoms with Crippen LogP contribution in [0.1, 0.15) is 40.2 Å². The summed E-state index contributed by atoms with van der Waals surface area (Å²) in [7, 11) is 1.52. The number of nitrogens with zero attached hydrogens (tertiary/aromatic N) is 1. The SMILES string of the molecule is COc1ccc(-c2noc([C@@H](C)NCc3ccc(C(F)(F)F)cc3)c2C(=O)O)cc1. The highest BCUT2D eigenvalue weighted by Gasteiger charge is 2.30. The van der Waals surface area contributed by atoms with Crippen LogP contribution in [0.3, 0.4) is 0 Å². The molecule has 0 fully saturated rings. The lowest BCUT2D eigenvalue weighted by atomic mass is 10.0. The minimum atomic E-state index is -4.40. The summed E-state index contributed by atoms with van der Waals surface area (Å²) < 4.78 is 48.4. The van der Waals surface area contributed by atoms with Gasteiger partial charge in [0.25, 0.3) is 0 Å². The first-order valence-corrected chi connectivity index (χ1v) is 8.97. The zero-order valence-electron chi connectivity index (χ0n) is 16.2. The smallest absolute Gasteiger partial charge is 0.416 e. The van der Waals surface area contributed by atoms with E-state index in [2.05, 4.69) is 10.5 Å². The predicted molar refractivity (Wildman–Crippen MR) is 102 cm³/mol. The molecule has 9 heteroatoms. The Kier molecular flexibility index (Phi) is 6.12. The van der Waals surface area contributed by atoms with Crippen molar-refractivity contribution in [1.29, 1.82) is 0 Å². The molecule has 0 amide bonds. The first-order valence-electron chi connectivity index (χ1n) is 8.97. The topological polar surface area (TPSA) is 84.6 Å². The molecule has 0 saturated carbocycles. The van der Waals surface area contributed by atoms with Crippen LogP contribution in [0.5, 0.6) is 5.75 Å². The van der Waals surface area contributed by atoms with Gasteiger partial charge in [0.1, 0.15) is 17.0 Å². The zero-order chi connectivity index (χ0) is 21.9. The van der Waals surface area contributed by atoms with Gasteiger partial charge in [0.15, 0.2) is 5.76 Å². The van der Waals surface area contributed by atoms with E-state index in [0.29, 0.717) is 16.9 Å². The highest BCUT2D eigenvalue weighted by atomic mass is 19.4. The second kappa shape index (κ2) is 8.58. The van der Waals surface area contributed by atoms with Gasteiger partial charge in [-0.25, -0.2) is 4.79 Å². The lowest BCUT2D eigenvalue weighted by Crippen LogP contribution is -2.20. The molecular formula is C21H19F3N2O4. The van der Waals surface area contributed by atoms with Gasteiger partial charge in [-0.15, -0.1) is 0 Å². The first-order chi connectivity index (χ1) is 14.2. The van der Waals surface area contributed by atoms with Crippen LogP contribution in [0, 0.1) is 0 Å². The zero-order valence-corrected chi connectivity index (χ0v) is 16.2. The Hall–Kier alpha value is -3.33. The number of alkyl halides is 3. The molecule has 158 valence electrons. The van der Waals surface area contributed by atoms with Crippen molar-refractivity contribution in [3.8, 4) is 17.0 Å². The third-order valence-corrected chi connectivity index (χ3v) is 4.58. The molecule has 2 aromatic carbocycles. The molecule has 0 saturated heterocycles. The Morgan fingerprint density at radius 3 is 2.33 bits per heavy atom. The number of halogens is 3. The molecule has 0 unspecified atom stereocenters. The maximum absolute atomic E-state index is 12.7. The van der Waals surface area contributed by atoms with Gasteiger partial charge >= 0.3 is 12.1 Å². The molecule has 0 aliphatic carbocycles. The number of aromatic nitrogens is 1. The predicted octanol–water partition coefficient (Wildman–Crippen LogP) is 4.92. The summed E-state index contributed by atoms with van der Waals surface area (Å²) in [4.78, 5) is 11.9. The molecule has 6 nitrogen and oxygen atoms in total. The molecule has 2 N–H and O–H groups in total. The van der Waals surface area contributed by atoms with E-state index in [1.165, 1.54) is 19.2 Å². The number of carboxylic acids is 1. The Bertz CT molecular complexity index is 1010. The van der Waals surface area contributed by atoms with E-state index in [-0.39, 0.29) is 23.6 Å². The van der Waals surface area contributed by atoms with Gasteiger partial charge in [0.2, 0.25) is 0 Å². The number of benzene rings is 2. The van der Waals surface area contributed by atoms with Crippen molar-refractivity contribution in [1.82, 2.24) is 10.5 Å². The number of carboxylic acid groups (broad SMARTS) is 1. The normalized spacial score (nSPS) is 12.6. The average Bonchev–Trinajstić information content (AvgIpc) is 3.17. The summed E-state index contributed by atoms with van der Waals surface area (Å²) in [6, 6.07) is 10.9.